The van der Waals surface area contributed by atoms with Crippen molar-refractivity contribution >= 4 is 10.0 Å². The van der Waals surface area contributed by atoms with E-state index in [9.17, 15) is 8.42 Å². The summed E-state index contributed by atoms with van der Waals surface area (Å²) in [4.78, 5) is 4.77. The number of rotatable bonds is 5. The summed E-state index contributed by atoms with van der Waals surface area (Å²) in [6.07, 6.45) is 0. The number of nitrogens with zero attached hydrogens (tertiary/aromatic N) is 2. The van der Waals surface area contributed by atoms with Crippen LogP contribution in [0.1, 0.15) is 0 Å². The van der Waals surface area contributed by atoms with Crippen LogP contribution in [0.3, 0.4) is 0 Å². The Labute approximate surface area is 120 Å². The minimum Gasteiger partial charge on any atom is -0.492 e. The van der Waals surface area contributed by atoms with Crippen molar-refractivity contribution in [2.75, 3.05) is 46.4 Å². The maximum Gasteiger partial charge on any atom is 0.238 e. The van der Waals surface area contributed by atoms with Crippen LogP contribution in [0.2, 0.25) is 0 Å². The van der Waals surface area contributed by atoms with Crippen LogP contribution in [0.25, 0.3) is 0 Å². The zero-order valence-corrected chi connectivity index (χ0v) is 12.5. The van der Waals surface area contributed by atoms with Gasteiger partial charge in [0, 0.05) is 32.7 Å². The summed E-state index contributed by atoms with van der Waals surface area (Å²) in [6, 6.07) is 6.18. The van der Waals surface area contributed by atoms with Gasteiger partial charge >= 0.3 is 0 Å². The fourth-order valence-corrected chi connectivity index (χ4v) is 2.61. The number of hydrogen-bond acceptors (Lipinski definition) is 5. The highest BCUT2D eigenvalue weighted by molar-refractivity contribution is 7.89. The molecule has 0 atom stereocenters. The van der Waals surface area contributed by atoms with Crippen molar-refractivity contribution in [3.05, 3.63) is 24.3 Å². The summed E-state index contributed by atoms with van der Waals surface area (Å²) in [5.74, 6) is 0.659. The molecule has 2 N–H and O–H groups in total. The van der Waals surface area contributed by atoms with E-state index >= 15 is 0 Å². The minimum atomic E-state index is -3.63. The summed E-state index contributed by atoms with van der Waals surface area (Å²) in [5, 5.41) is 5.04. The predicted molar refractivity (Wildman–Crippen MR) is 77.2 cm³/mol. The molecule has 1 aromatic rings. The Hall–Kier alpha value is -1.15. The Morgan fingerprint density at radius 2 is 1.75 bits per heavy atom. The summed E-state index contributed by atoms with van der Waals surface area (Å²) < 4.78 is 27.8. The van der Waals surface area contributed by atoms with Crippen molar-refractivity contribution in [2.24, 2.45) is 5.14 Å². The third-order valence-corrected chi connectivity index (χ3v) is 4.35. The van der Waals surface area contributed by atoms with E-state index in [0.29, 0.717) is 12.4 Å². The third-order valence-electron chi connectivity index (χ3n) is 3.42. The molecule has 6 nitrogen and oxygen atoms in total. The largest absolute Gasteiger partial charge is 0.492 e. The normalized spacial score (nSPS) is 18.1. The second kappa shape index (κ2) is 6.53. The van der Waals surface area contributed by atoms with E-state index in [2.05, 4.69) is 16.8 Å². The zero-order chi connectivity index (χ0) is 14.6. The molecule has 1 fully saturated rings. The fraction of sp³-hybridized carbons (Fsp3) is 0.538. The first-order valence-corrected chi connectivity index (χ1v) is 8.16. The van der Waals surface area contributed by atoms with Gasteiger partial charge in [0.05, 0.1) is 4.90 Å². The molecule has 0 radical (unpaired) electrons. The number of nitrogens with two attached hydrogens (primary N) is 1. The quantitative estimate of drug-likeness (QED) is 0.826. The molecule has 1 aliphatic rings. The lowest BCUT2D eigenvalue weighted by molar-refractivity contribution is 0.133. The van der Waals surface area contributed by atoms with E-state index in [4.69, 9.17) is 9.88 Å². The molecule has 0 aromatic heterocycles. The molecule has 0 spiro atoms. The molecule has 0 saturated carbocycles. The molecule has 1 aliphatic heterocycles. The van der Waals surface area contributed by atoms with Gasteiger partial charge in [-0.15, -0.1) is 0 Å². The third kappa shape index (κ3) is 4.45. The van der Waals surface area contributed by atoms with E-state index < -0.39 is 10.0 Å². The van der Waals surface area contributed by atoms with Crippen LogP contribution in [-0.4, -0.2) is 64.6 Å². The number of ether oxygens (including phenoxy) is 1. The molecule has 0 bridgehead atoms. The van der Waals surface area contributed by atoms with Gasteiger partial charge in [0.1, 0.15) is 12.4 Å². The van der Waals surface area contributed by atoms with Gasteiger partial charge in [0.15, 0.2) is 0 Å². The van der Waals surface area contributed by atoms with Gasteiger partial charge in [-0.05, 0) is 31.3 Å². The van der Waals surface area contributed by atoms with Crippen LogP contribution in [0.15, 0.2) is 29.2 Å². The number of hydrogen-bond donors (Lipinski definition) is 1. The number of likely N-dealkylation sites (N-methyl/N-ethyl adjacent to an activating group) is 1. The van der Waals surface area contributed by atoms with Gasteiger partial charge in [-0.2, -0.15) is 0 Å². The highest BCUT2D eigenvalue weighted by atomic mass is 32.2. The van der Waals surface area contributed by atoms with E-state index in [1.165, 1.54) is 12.1 Å². The summed E-state index contributed by atoms with van der Waals surface area (Å²) in [5.41, 5.74) is 0. The molecule has 1 saturated heterocycles. The standard InChI is InChI=1S/C13H21N3O3S/c1-15-6-8-16(9-7-15)10-11-19-12-2-4-13(5-3-12)20(14,17)18/h2-5H,6-11H2,1H3,(H2,14,17,18). The van der Waals surface area contributed by atoms with Crippen molar-refractivity contribution < 1.29 is 13.2 Å². The van der Waals surface area contributed by atoms with Crippen molar-refractivity contribution in [3.63, 3.8) is 0 Å². The molecule has 2 rings (SSSR count). The SMILES string of the molecule is CN1CCN(CCOc2ccc(S(N)(=O)=O)cc2)CC1. The molecule has 7 heteroatoms. The zero-order valence-electron chi connectivity index (χ0n) is 11.7. The first kappa shape index (κ1) is 15.2. The lowest BCUT2D eigenvalue weighted by Gasteiger charge is -2.32. The van der Waals surface area contributed by atoms with Gasteiger partial charge in [-0.3, -0.25) is 4.90 Å². The average molecular weight is 299 g/mol. The molecule has 20 heavy (non-hydrogen) atoms. The highest BCUT2D eigenvalue weighted by Crippen LogP contribution is 2.14. The Balaban J connectivity index is 1.77. The van der Waals surface area contributed by atoms with Crippen LogP contribution in [0.4, 0.5) is 0 Å². The Bertz CT molecular complexity index is 522. The molecule has 0 unspecified atom stereocenters. The highest BCUT2D eigenvalue weighted by Gasteiger charge is 2.13. The van der Waals surface area contributed by atoms with Crippen LogP contribution < -0.4 is 9.88 Å². The maximum atomic E-state index is 11.1. The van der Waals surface area contributed by atoms with Crippen LogP contribution in [-0.2, 0) is 10.0 Å². The van der Waals surface area contributed by atoms with Crippen LogP contribution in [0, 0.1) is 0 Å². The van der Waals surface area contributed by atoms with Gasteiger partial charge in [0.2, 0.25) is 10.0 Å². The smallest absolute Gasteiger partial charge is 0.238 e. The monoisotopic (exact) mass is 299 g/mol. The molecular weight excluding hydrogens is 278 g/mol. The van der Waals surface area contributed by atoms with Gasteiger partial charge in [0.25, 0.3) is 0 Å². The molecule has 1 aromatic carbocycles. The number of benzene rings is 1. The first-order valence-electron chi connectivity index (χ1n) is 6.62. The molecule has 0 aliphatic carbocycles. The van der Waals surface area contributed by atoms with Crippen molar-refractivity contribution in [2.45, 2.75) is 4.90 Å². The van der Waals surface area contributed by atoms with Crippen LogP contribution in [0.5, 0.6) is 5.75 Å². The number of primary sulfonamides is 1. The Kier molecular flexibility index (Phi) is 4.98. The predicted octanol–water partition coefficient (Wildman–Crippen LogP) is -0.0398. The number of sulfonamides is 1. The summed E-state index contributed by atoms with van der Waals surface area (Å²) in [6.45, 7) is 5.77. The van der Waals surface area contributed by atoms with E-state index in [1.54, 1.807) is 12.1 Å². The molecule has 1 heterocycles. The van der Waals surface area contributed by atoms with E-state index in [1.807, 2.05) is 0 Å². The number of piperazine rings is 1. The van der Waals surface area contributed by atoms with Crippen molar-refractivity contribution in [1.29, 1.82) is 0 Å². The molecular formula is C13H21N3O3S. The second-order valence-electron chi connectivity index (χ2n) is 5.01. The minimum absolute atomic E-state index is 0.101. The van der Waals surface area contributed by atoms with Crippen molar-refractivity contribution in [3.8, 4) is 5.75 Å². The lowest BCUT2D eigenvalue weighted by atomic mass is 10.3. The van der Waals surface area contributed by atoms with Gasteiger partial charge in [-0.25, -0.2) is 13.6 Å². The van der Waals surface area contributed by atoms with Gasteiger partial charge in [-0.1, -0.05) is 0 Å². The molecule has 0 amide bonds. The van der Waals surface area contributed by atoms with Crippen LogP contribution >= 0.6 is 0 Å². The fourth-order valence-electron chi connectivity index (χ4n) is 2.09. The average Bonchev–Trinajstić information content (AvgIpc) is 2.41. The Morgan fingerprint density at radius 3 is 2.30 bits per heavy atom. The van der Waals surface area contributed by atoms with E-state index in [0.717, 1.165) is 32.7 Å². The van der Waals surface area contributed by atoms with Gasteiger partial charge < -0.3 is 9.64 Å². The second-order valence-corrected chi connectivity index (χ2v) is 6.57. The van der Waals surface area contributed by atoms with Crippen molar-refractivity contribution in [1.82, 2.24) is 9.80 Å². The topological polar surface area (TPSA) is 75.9 Å². The van der Waals surface area contributed by atoms with E-state index in [-0.39, 0.29) is 4.90 Å². The lowest BCUT2D eigenvalue weighted by Crippen LogP contribution is -2.45. The molecule has 112 valence electrons. The first-order chi connectivity index (χ1) is 9.45. The summed E-state index contributed by atoms with van der Waals surface area (Å²) >= 11 is 0. The maximum absolute atomic E-state index is 11.1. The Morgan fingerprint density at radius 1 is 1.15 bits per heavy atom. The summed E-state index contributed by atoms with van der Waals surface area (Å²) in [7, 11) is -1.51.